The molecule has 0 fully saturated rings. The number of phenols is 1. The van der Waals surface area contributed by atoms with Gasteiger partial charge >= 0.3 is 0 Å². The van der Waals surface area contributed by atoms with Gasteiger partial charge in [0.25, 0.3) is 0 Å². The first-order chi connectivity index (χ1) is 32.0. The average Bonchev–Trinajstić information content (AvgIpc) is 3.70. The SMILES string of the molecule is CC(C)c1cc(-c2ccccc2)cc(C(C)C)c1-n1c(-c2cccc(C(C)(C)C)c2O)nc2c(-c3[c-]c(-c4cc(-c5ccc(Cc6ccccc6)cc5)ccn4)cc(C(C)(C)C)c3)cccc21.[Pt]. The molecule has 2 heterocycles. The zero-order chi connectivity index (χ0) is 47.2. The largest absolute Gasteiger partial charge is 0.507 e. The maximum atomic E-state index is 12.3. The van der Waals surface area contributed by atoms with Gasteiger partial charge in [0, 0.05) is 33.0 Å². The Bertz CT molecular complexity index is 3190. The van der Waals surface area contributed by atoms with Crippen molar-refractivity contribution in [2.24, 2.45) is 0 Å². The van der Waals surface area contributed by atoms with Gasteiger partial charge in [0.1, 0.15) is 11.6 Å². The molecule has 0 atom stereocenters. The Kier molecular flexibility index (Phi) is 13.7. The summed E-state index contributed by atoms with van der Waals surface area (Å²) in [5, 5.41) is 12.3. The normalized spacial score (nSPS) is 11.9. The summed E-state index contributed by atoms with van der Waals surface area (Å²) < 4.78 is 2.34. The van der Waals surface area contributed by atoms with Crippen LogP contribution in [0.2, 0.25) is 0 Å². The van der Waals surface area contributed by atoms with Gasteiger partial charge in [-0.05, 0) is 109 Å². The van der Waals surface area contributed by atoms with Gasteiger partial charge < -0.3 is 5.11 Å². The Hall–Kier alpha value is -6.35. The van der Waals surface area contributed by atoms with Crippen LogP contribution in [0.15, 0.2) is 164 Å². The van der Waals surface area contributed by atoms with E-state index in [4.69, 9.17) is 9.97 Å². The van der Waals surface area contributed by atoms with E-state index >= 15 is 0 Å². The average molecular weight is 1070 g/mol. The molecular weight excluding hydrogens is 1010 g/mol. The van der Waals surface area contributed by atoms with Crippen LogP contribution in [-0.2, 0) is 38.3 Å². The maximum Gasteiger partial charge on any atom is 0.148 e. The second kappa shape index (κ2) is 19.3. The third-order valence-electron chi connectivity index (χ3n) is 13.1. The predicted molar refractivity (Wildman–Crippen MR) is 281 cm³/mol. The summed E-state index contributed by atoms with van der Waals surface area (Å²) in [5.41, 5.74) is 18.6. The molecular formula is C63H62N3OPt-. The molecule has 2 aromatic heterocycles. The molecule has 0 saturated heterocycles. The number of phenolic OH excluding ortho intramolecular Hbond substituents is 1. The van der Waals surface area contributed by atoms with Crippen molar-refractivity contribution in [3.05, 3.63) is 203 Å². The van der Waals surface area contributed by atoms with Crippen LogP contribution in [0, 0.1) is 6.07 Å². The Balaban J connectivity index is 0.00000625. The van der Waals surface area contributed by atoms with E-state index in [-0.39, 0.29) is 49.5 Å². The van der Waals surface area contributed by atoms with Crippen LogP contribution < -0.4 is 0 Å². The Morgan fingerprint density at radius 2 is 1.15 bits per heavy atom. The molecule has 0 unspecified atom stereocenters. The van der Waals surface area contributed by atoms with Crippen LogP contribution in [0.5, 0.6) is 5.75 Å². The van der Waals surface area contributed by atoms with Gasteiger partial charge in [-0.2, -0.15) is 0 Å². The van der Waals surface area contributed by atoms with Crippen molar-refractivity contribution in [1.29, 1.82) is 0 Å². The van der Waals surface area contributed by atoms with Crippen molar-refractivity contribution < 1.29 is 26.2 Å². The number of para-hydroxylation sites is 2. The maximum absolute atomic E-state index is 12.3. The minimum Gasteiger partial charge on any atom is -0.507 e. The first kappa shape index (κ1) is 48.1. The number of nitrogens with zero attached hydrogens (tertiary/aromatic N) is 3. The third kappa shape index (κ3) is 9.67. The molecule has 7 aromatic carbocycles. The van der Waals surface area contributed by atoms with E-state index in [1.165, 1.54) is 38.9 Å². The zero-order valence-corrected chi connectivity index (χ0v) is 43.3. The minimum atomic E-state index is -0.290. The van der Waals surface area contributed by atoms with Crippen molar-refractivity contribution in [1.82, 2.24) is 14.5 Å². The van der Waals surface area contributed by atoms with Crippen molar-refractivity contribution in [3.8, 4) is 67.5 Å². The van der Waals surface area contributed by atoms with Gasteiger partial charge in [-0.15, -0.1) is 29.3 Å². The van der Waals surface area contributed by atoms with Crippen LogP contribution in [-0.4, -0.2) is 19.6 Å². The number of pyridine rings is 1. The second-order valence-corrected chi connectivity index (χ2v) is 20.8. The fraction of sp³-hybridized carbons (Fsp3) is 0.238. The van der Waals surface area contributed by atoms with Crippen LogP contribution >= 0.6 is 0 Å². The summed E-state index contributed by atoms with van der Waals surface area (Å²) in [6.07, 6.45) is 2.81. The standard InChI is InChI=1S/C63H62N3O.Pt/c1-40(2)53-37-47(44-21-15-12-16-22-44)38-54(41(3)4)59(53)66-57-26-18-23-51(58(57)65-61(66)52-24-17-25-55(60(52)67)63(8,9)10)48-34-49(36-50(35-48)62(5,6)7)56-39-46(31-32-64-56)45-29-27-43(28-30-45)33-42-19-13-11-14-20-42;/h11-32,35-41,67H,33H2,1-10H3;/q-1;. The van der Waals surface area contributed by atoms with Gasteiger partial charge in [-0.3, -0.25) is 9.55 Å². The third-order valence-corrected chi connectivity index (χ3v) is 13.1. The van der Waals surface area contributed by atoms with Crippen LogP contribution in [0.25, 0.3) is 72.7 Å². The molecule has 0 saturated carbocycles. The number of fused-ring (bicyclic) bond motifs is 1. The van der Waals surface area contributed by atoms with E-state index in [1.807, 2.05) is 18.3 Å². The molecule has 346 valence electrons. The molecule has 0 bridgehead atoms. The summed E-state index contributed by atoms with van der Waals surface area (Å²) >= 11 is 0. The number of hydrogen-bond acceptors (Lipinski definition) is 3. The fourth-order valence-electron chi connectivity index (χ4n) is 9.36. The molecule has 0 aliphatic rings. The van der Waals surface area contributed by atoms with E-state index < -0.39 is 0 Å². The molecule has 0 aliphatic heterocycles. The topological polar surface area (TPSA) is 50.9 Å². The van der Waals surface area contributed by atoms with E-state index in [2.05, 4.69) is 225 Å². The summed E-state index contributed by atoms with van der Waals surface area (Å²) in [6, 6.07) is 60.2. The summed E-state index contributed by atoms with van der Waals surface area (Å²) in [7, 11) is 0. The quantitative estimate of drug-likeness (QED) is 0.139. The first-order valence-corrected chi connectivity index (χ1v) is 23.8. The Morgan fingerprint density at radius 1 is 0.559 bits per heavy atom. The molecule has 1 N–H and O–H groups in total. The Morgan fingerprint density at radius 3 is 1.78 bits per heavy atom. The number of hydrogen-bond donors (Lipinski definition) is 1. The zero-order valence-electron chi connectivity index (χ0n) is 41.1. The molecule has 0 spiro atoms. The van der Waals surface area contributed by atoms with Crippen molar-refractivity contribution in [2.45, 2.75) is 98.3 Å². The molecule has 9 rings (SSSR count). The van der Waals surface area contributed by atoms with Crippen molar-refractivity contribution in [2.75, 3.05) is 0 Å². The predicted octanol–water partition coefficient (Wildman–Crippen LogP) is 16.7. The van der Waals surface area contributed by atoms with E-state index in [0.717, 1.165) is 62.2 Å². The molecule has 4 nitrogen and oxygen atoms in total. The van der Waals surface area contributed by atoms with Gasteiger partial charge in [0.15, 0.2) is 0 Å². The smallest absolute Gasteiger partial charge is 0.148 e. The fourth-order valence-corrected chi connectivity index (χ4v) is 9.36. The first-order valence-electron chi connectivity index (χ1n) is 23.8. The Labute approximate surface area is 418 Å². The van der Waals surface area contributed by atoms with Gasteiger partial charge in [0.05, 0.1) is 22.3 Å². The van der Waals surface area contributed by atoms with E-state index in [0.29, 0.717) is 11.4 Å². The van der Waals surface area contributed by atoms with Gasteiger partial charge in [-0.25, -0.2) is 4.98 Å². The molecule has 9 aromatic rings. The van der Waals surface area contributed by atoms with Crippen molar-refractivity contribution >= 4 is 11.0 Å². The number of benzene rings is 7. The monoisotopic (exact) mass is 1070 g/mol. The molecule has 0 aliphatic carbocycles. The van der Waals surface area contributed by atoms with Crippen LogP contribution in [0.3, 0.4) is 0 Å². The number of rotatable bonds is 10. The molecule has 0 amide bonds. The van der Waals surface area contributed by atoms with Gasteiger partial charge in [-0.1, -0.05) is 196 Å². The number of aromatic nitrogens is 3. The van der Waals surface area contributed by atoms with Crippen molar-refractivity contribution in [3.63, 3.8) is 0 Å². The summed E-state index contributed by atoms with van der Waals surface area (Å²) in [6.45, 7) is 22.3. The number of aromatic hydroxyl groups is 1. The van der Waals surface area contributed by atoms with E-state index in [1.54, 1.807) is 0 Å². The van der Waals surface area contributed by atoms with Gasteiger partial charge in [0.2, 0.25) is 0 Å². The second-order valence-electron chi connectivity index (χ2n) is 20.8. The summed E-state index contributed by atoms with van der Waals surface area (Å²) in [4.78, 5) is 10.6. The molecule has 0 radical (unpaired) electrons. The minimum absolute atomic E-state index is 0. The van der Waals surface area contributed by atoms with Crippen LogP contribution in [0.4, 0.5) is 0 Å². The molecule has 5 heteroatoms. The summed E-state index contributed by atoms with van der Waals surface area (Å²) in [5.74, 6) is 1.34. The van der Waals surface area contributed by atoms with Crippen LogP contribution in [0.1, 0.15) is 114 Å². The number of imidazole rings is 1. The van der Waals surface area contributed by atoms with E-state index in [9.17, 15) is 5.11 Å². The molecule has 68 heavy (non-hydrogen) atoms.